The Bertz CT molecular complexity index is 6350. The summed E-state index contributed by atoms with van der Waals surface area (Å²) in [6.07, 6.45) is 13.6. The van der Waals surface area contributed by atoms with Crippen LogP contribution in [0.2, 0.25) is 5.15 Å². The molecule has 146 heavy (non-hydrogen) atoms. The highest BCUT2D eigenvalue weighted by Gasteiger charge is 2.45. The molecule has 40 heteroatoms. The Morgan fingerprint density at radius 3 is 1.17 bits per heavy atom. The first-order valence-electron chi connectivity index (χ1n) is 46.5. The summed E-state index contributed by atoms with van der Waals surface area (Å²) < 4.78 is 85.5. The number of fused-ring (bicyclic) bond motifs is 4. The van der Waals surface area contributed by atoms with Crippen molar-refractivity contribution in [2.75, 3.05) is 98.8 Å². The molecule has 6 aromatic heterocycles. The van der Waals surface area contributed by atoms with Gasteiger partial charge in [0, 0.05) is 147 Å². The molecule has 6 amide bonds. The van der Waals surface area contributed by atoms with E-state index in [1.54, 1.807) is 87.3 Å². The Balaban J connectivity index is 0.000000184. The van der Waals surface area contributed by atoms with Gasteiger partial charge in [0.1, 0.15) is 45.2 Å². The highest BCUT2D eigenvalue weighted by molar-refractivity contribution is 8.19. The molecule has 8 aliphatic rings. The van der Waals surface area contributed by atoms with Gasteiger partial charge < -0.3 is 53.5 Å². The maximum atomic E-state index is 13.4. The topological polar surface area (TPSA) is 352 Å². The molecule has 10 aromatic rings. The number of ether oxygens (including phenoxy) is 4. The molecule has 770 valence electrons. The number of aliphatic hydroxyl groups excluding tert-OH is 1. The SMILES string of the molecule is C.CC(C)(C)OC(=O)N1Cc2cnc(Cl)cc2C1.CC1=CCN(C)CC1.CN1CC=C(c2cc3c(cn2)CN(C(=O)C(F)(F)F)C3)CC1.CN1CC=C(c2cc3c(cn2)CN(C(=O)Cc2nc(-c4ccc(F)cc4)ccc2[N+](=O)[O-])C3)CC1.CN1CC=C(c2cc3c(cn2)CN(C(=O)OC(C)(C)C)C3)CC1.CO.O=C(Oc1ccccc1)N(C(=O)Oc1ccccc1)c1nc(-c2ccc(F)cc2)ccc1[N+](=O)[O-].[B]SC. The summed E-state index contributed by atoms with van der Waals surface area (Å²) >= 11 is 7.06. The number of carbonyl (C=O) groups excluding carboxylic acids is 6. The zero-order valence-corrected chi connectivity index (χ0v) is 84.6. The molecule has 14 heterocycles. The zero-order chi connectivity index (χ0) is 105. The number of halogens is 6. The van der Waals surface area contributed by atoms with Gasteiger partial charge in [-0.1, -0.05) is 85.3 Å². The van der Waals surface area contributed by atoms with Crippen molar-refractivity contribution in [2.24, 2.45) is 0 Å². The van der Waals surface area contributed by atoms with Crippen LogP contribution in [0.25, 0.3) is 39.2 Å². The molecule has 0 bridgehead atoms. The number of hydrogen-bond acceptors (Lipinski definition) is 26. The second-order valence-electron chi connectivity index (χ2n) is 37.0. The van der Waals surface area contributed by atoms with Crippen molar-refractivity contribution in [1.82, 2.24) is 69.1 Å². The number of para-hydroxylation sites is 2. The van der Waals surface area contributed by atoms with Crippen molar-refractivity contribution in [3.05, 3.63) is 317 Å². The van der Waals surface area contributed by atoms with Crippen LogP contribution in [0.1, 0.15) is 149 Å². The first kappa shape index (κ1) is 114. The average Bonchev–Trinajstić information content (AvgIpc) is 1.79. The molecular weight excluding hydrogens is 1920 g/mol. The Labute approximate surface area is 856 Å². The molecule has 0 atom stereocenters. The lowest BCUT2D eigenvalue weighted by Crippen LogP contribution is -2.42. The van der Waals surface area contributed by atoms with E-state index in [9.17, 15) is 70.9 Å². The second kappa shape index (κ2) is 52.6. The van der Waals surface area contributed by atoms with Gasteiger partial charge in [0.15, 0.2) is 7.12 Å². The number of aliphatic hydroxyl groups is 1. The van der Waals surface area contributed by atoms with E-state index in [-0.39, 0.29) is 79.4 Å². The Morgan fingerprint density at radius 1 is 0.466 bits per heavy atom. The smallest absolute Gasteiger partial charge is 0.444 e. The summed E-state index contributed by atoms with van der Waals surface area (Å²) in [5.74, 6) is -3.35. The zero-order valence-electron chi connectivity index (χ0n) is 83.0. The van der Waals surface area contributed by atoms with Crippen molar-refractivity contribution in [3.63, 3.8) is 0 Å². The largest absolute Gasteiger partial charge is 0.471 e. The van der Waals surface area contributed by atoms with Crippen LogP contribution in [-0.2, 0) is 77.8 Å². The number of carbonyl (C=O) groups is 6. The van der Waals surface area contributed by atoms with Crippen molar-refractivity contribution in [3.8, 4) is 34.0 Å². The molecule has 8 aliphatic heterocycles. The van der Waals surface area contributed by atoms with E-state index in [0.29, 0.717) is 71.7 Å². The minimum absolute atomic E-state index is 0. The van der Waals surface area contributed by atoms with Crippen molar-refractivity contribution in [2.45, 2.75) is 158 Å². The van der Waals surface area contributed by atoms with Gasteiger partial charge in [-0.05, 0) is 279 Å². The van der Waals surface area contributed by atoms with Crippen LogP contribution in [0.15, 0.2) is 212 Å². The van der Waals surface area contributed by atoms with Crippen LogP contribution >= 0.6 is 23.2 Å². The molecule has 4 aromatic carbocycles. The minimum Gasteiger partial charge on any atom is -0.444 e. The lowest BCUT2D eigenvalue weighted by Gasteiger charge is -2.24. The van der Waals surface area contributed by atoms with Crippen LogP contribution in [0.5, 0.6) is 11.5 Å². The number of pyridine rings is 6. The number of amides is 6. The molecule has 0 saturated carbocycles. The number of nitrogens with zero attached hydrogens (tertiary/aromatic N) is 17. The predicted octanol–water partition coefficient (Wildman–Crippen LogP) is 20.2. The molecule has 1 N–H and O–H groups in total. The molecule has 2 radical (unpaired) electrons. The number of alkyl halides is 3. The van der Waals surface area contributed by atoms with E-state index in [0.717, 1.165) is 139 Å². The van der Waals surface area contributed by atoms with Gasteiger partial charge in [0.25, 0.3) is 5.69 Å². The van der Waals surface area contributed by atoms with Crippen molar-refractivity contribution in [1.29, 1.82) is 0 Å². The Hall–Kier alpha value is -14.1. The fourth-order valence-corrected chi connectivity index (χ4v) is 16.0. The fourth-order valence-electron chi connectivity index (χ4n) is 15.8. The minimum atomic E-state index is -4.82. The predicted molar refractivity (Wildman–Crippen MR) is 551 cm³/mol. The van der Waals surface area contributed by atoms with Gasteiger partial charge in [0.05, 0.1) is 57.8 Å². The maximum absolute atomic E-state index is 13.4. The fraction of sp³-hybridized carbons (Fsp3) is 0.358. The average molecular weight is 2050 g/mol. The van der Waals surface area contributed by atoms with Gasteiger partial charge >= 0.3 is 42.1 Å². The van der Waals surface area contributed by atoms with Crippen LogP contribution in [0.4, 0.5) is 58.3 Å². The quantitative estimate of drug-likeness (QED) is 0.0296. The van der Waals surface area contributed by atoms with Crippen LogP contribution in [-0.4, -0.2) is 239 Å². The summed E-state index contributed by atoms with van der Waals surface area (Å²) in [4.78, 5) is 138. The second-order valence-corrected chi connectivity index (χ2v) is 37.9. The normalized spacial score (nSPS) is 15.2. The number of imide groups is 1. The summed E-state index contributed by atoms with van der Waals surface area (Å²) in [6.45, 7) is 24.6. The first-order valence-corrected chi connectivity index (χ1v) is 48.1. The highest BCUT2D eigenvalue weighted by atomic mass is 35.5. The third kappa shape index (κ3) is 33.0. The van der Waals surface area contributed by atoms with Gasteiger partial charge in [-0.25, -0.2) is 54.5 Å². The van der Waals surface area contributed by atoms with Gasteiger partial charge in [-0.2, -0.15) is 18.1 Å². The molecule has 18 rings (SSSR count). The number of anilines is 1. The molecular formula is C106H120BClF5N17O15S. The summed E-state index contributed by atoms with van der Waals surface area (Å²) in [7, 11) is 14.2. The third-order valence-electron chi connectivity index (χ3n) is 23.5. The van der Waals surface area contributed by atoms with Crippen LogP contribution < -0.4 is 14.4 Å². The lowest BCUT2D eigenvalue weighted by molar-refractivity contribution is -0.385. The van der Waals surface area contributed by atoms with Gasteiger partial charge in [-0.3, -0.25) is 54.6 Å². The molecule has 32 nitrogen and oxygen atoms in total. The molecule has 0 spiro atoms. The molecule has 0 fully saturated rings. The van der Waals surface area contributed by atoms with Crippen molar-refractivity contribution < 1.29 is 84.6 Å². The van der Waals surface area contributed by atoms with E-state index in [4.69, 9.17) is 42.8 Å². The van der Waals surface area contributed by atoms with E-state index < -0.39 is 62.6 Å². The number of nitro groups is 2. The van der Waals surface area contributed by atoms with E-state index >= 15 is 0 Å². The maximum Gasteiger partial charge on any atom is 0.471 e. The van der Waals surface area contributed by atoms with Gasteiger partial charge in [0.2, 0.25) is 11.7 Å². The number of benzene rings is 4. The Kier molecular flexibility index (Phi) is 41.0. The molecule has 0 aliphatic carbocycles. The number of rotatable bonds is 12. The van der Waals surface area contributed by atoms with Gasteiger partial charge in [-0.15, -0.1) is 0 Å². The molecule has 0 saturated heterocycles. The van der Waals surface area contributed by atoms with Crippen molar-refractivity contribution >= 4 is 100 Å². The first-order chi connectivity index (χ1) is 69.0. The van der Waals surface area contributed by atoms with E-state index in [1.807, 2.05) is 73.3 Å². The highest BCUT2D eigenvalue weighted by Crippen LogP contribution is 2.38. The third-order valence-corrected chi connectivity index (χ3v) is 23.7. The summed E-state index contributed by atoms with van der Waals surface area (Å²) in [5.41, 5.74) is 15.7. The number of aromatic nitrogens is 6. The monoisotopic (exact) mass is 2040 g/mol. The summed E-state index contributed by atoms with van der Waals surface area (Å²) in [6, 6.07) is 39.6. The van der Waals surface area contributed by atoms with E-state index in [2.05, 4.69) is 114 Å². The Morgan fingerprint density at radius 2 is 0.808 bits per heavy atom. The number of likely N-dealkylation sites (N-methyl/N-ethyl adjacent to an activating group) is 4. The van der Waals surface area contributed by atoms with Crippen LogP contribution in [0.3, 0.4) is 0 Å². The standard InChI is InChI=1S/C26H24FN5O3.C25H16FN3O6.C18H25N3O2.C15H16F3N3O.C12H15ClN2O2.C7H13N.CH3BS.CH4O.CH4/c1-30-10-8-18(9-11-30)23-12-19-15-31(16-20(19)14-28-23)26(33)13-24-25(32(34)35)7-6-22(29-24)17-2-4-21(27)5-3-17;26-18-13-11-17(12-14-18)21-15-16-22(29(32)33)23(27-21)28(24(30)34-19-7-3-1-4-8-19)25(31)35-20-9-5-2-6-10-20;1-18(2,3)23-17(22)21-11-14-9-16(19-10-15(14)12-21)13-5-7-20(4)8-6-13;1-20-4-2-10(3-5-20)13-6-11-8-21(9-12(11)7-19-13)14(22)15(16,17)18;1-12(2,3)17-11(16)15-6-8-4-10(13)14-5-9(8)7-15;1-7-3-5-8(2)6-4-7;1-3-2;1-2;/h2-8,12,14H,9-11,13,15-16H2,1H3;1-16H;5,9-10H,6-8,11-12H2,1-4H3;2,6-7H,3-5,8-9H2,1H3;4-5H,6-7H2,1-3H3;3H,4-6H2,1-2H3;1H3;2H,1H3;1H4. The lowest BCUT2D eigenvalue weighted by atomic mass is 10.0. The van der Waals surface area contributed by atoms with E-state index in [1.165, 1.54) is 120 Å². The molecule has 0 unspecified atom stereocenters. The summed E-state index contributed by atoms with van der Waals surface area (Å²) in [5, 5.41) is 30.8. The van der Waals surface area contributed by atoms with Crippen LogP contribution in [0, 0.1) is 31.9 Å². The number of hydrogen-bond donors (Lipinski definition) is 1.